The van der Waals surface area contributed by atoms with Crippen molar-refractivity contribution in [1.82, 2.24) is 10.6 Å². The average Bonchev–Trinajstić information content (AvgIpc) is 2.67. The number of ether oxygens (including phenoxy) is 2. The summed E-state index contributed by atoms with van der Waals surface area (Å²) in [4.78, 5) is 16.3. The Labute approximate surface area is 175 Å². The summed E-state index contributed by atoms with van der Waals surface area (Å²) >= 11 is 0. The van der Waals surface area contributed by atoms with Crippen molar-refractivity contribution < 1.29 is 14.3 Å². The monoisotopic (exact) mass is 406 g/mol. The highest BCUT2D eigenvalue weighted by Gasteiger charge is 2.04. The van der Waals surface area contributed by atoms with Crippen molar-refractivity contribution in [3.63, 3.8) is 0 Å². The summed E-state index contributed by atoms with van der Waals surface area (Å²) in [5.41, 5.74) is 0.873. The number of anilines is 1. The normalized spacial score (nSPS) is 11.6. The highest BCUT2D eigenvalue weighted by Crippen LogP contribution is 2.16. The summed E-state index contributed by atoms with van der Waals surface area (Å²) in [6.45, 7) is 13.2. The molecule has 0 aromatic heterocycles. The van der Waals surface area contributed by atoms with E-state index in [9.17, 15) is 4.79 Å². The van der Waals surface area contributed by atoms with Crippen molar-refractivity contribution >= 4 is 17.6 Å². The van der Waals surface area contributed by atoms with Crippen molar-refractivity contribution in [1.29, 1.82) is 0 Å². The quantitative estimate of drug-likeness (QED) is 0.266. The highest BCUT2D eigenvalue weighted by molar-refractivity contribution is 5.95. The molecule has 1 rings (SSSR count). The summed E-state index contributed by atoms with van der Waals surface area (Å²) in [5, 5.41) is 9.34. The molecule has 0 heterocycles. The number of benzene rings is 1. The number of carbonyl (C=O) groups is 1. The van der Waals surface area contributed by atoms with Gasteiger partial charge in [-0.05, 0) is 56.9 Å². The van der Waals surface area contributed by atoms with Crippen LogP contribution in [0.1, 0.15) is 47.5 Å². The maximum absolute atomic E-state index is 11.9. The van der Waals surface area contributed by atoms with Crippen molar-refractivity contribution in [3.05, 3.63) is 24.3 Å². The van der Waals surface area contributed by atoms with E-state index < -0.39 is 0 Å². The Hall–Kier alpha value is -2.28. The Balaban J connectivity index is 2.60. The standard InChI is InChI=1S/C22H38N4O3/c1-6-12-23-21(27)15-25-22(24-13-7-14-28-16-17(2)3)26-19-8-10-20(11-9-19)29-18(4)5/h8-11,17-18H,6-7,12-16H2,1-5H3,(H,23,27)(H2,24,25,26). The van der Waals surface area contributed by atoms with Gasteiger partial charge in [-0.1, -0.05) is 20.8 Å². The van der Waals surface area contributed by atoms with Gasteiger partial charge in [-0.15, -0.1) is 0 Å². The summed E-state index contributed by atoms with van der Waals surface area (Å²) in [5.74, 6) is 1.83. The van der Waals surface area contributed by atoms with E-state index in [-0.39, 0.29) is 18.6 Å². The molecule has 0 saturated heterocycles. The molecule has 164 valence electrons. The van der Waals surface area contributed by atoms with Crippen LogP contribution in [-0.2, 0) is 9.53 Å². The van der Waals surface area contributed by atoms with Gasteiger partial charge >= 0.3 is 0 Å². The second-order valence-corrected chi connectivity index (χ2v) is 7.58. The third-order valence-corrected chi connectivity index (χ3v) is 3.65. The first-order valence-corrected chi connectivity index (χ1v) is 10.6. The molecule has 0 aliphatic heterocycles. The summed E-state index contributed by atoms with van der Waals surface area (Å²) in [6.07, 6.45) is 1.89. The first kappa shape index (κ1) is 24.8. The van der Waals surface area contributed by atoms with Crippen molar-refractivity contribution in [3.8, 4) is 5.75 Å². The summed E-state index contributed by atoms with van der Waals surface area (Å²) in [7, 11) is 0. The van der Waals surface area contributed by atoms with E-state index >= 15 is 0 Å². The van der Waals surface area contributed by atoms with Crippen LogP contribution in [0.2, 0.25) is 0 Å². The van der Waals surface area contributed by atoms with Gasteiger partial charge in [0.15, 0.2) is 5.96 Å². The Morgan fingerprint density at radius 2 is 1.79 bits per heavy atom. The van der Waals surface area contributed by atoms with Gasteiger partial charge in [-0.25, -0.2) is 4.99 Å². The molecule has 0 atom stereocenters. The molecule has 0 spiro atoms. The maximum atomic E-state index is 11.9. The average molecular weight is 407 g/mol. The Morgan fingerprint density at radius 3 is 2.41 bits per heavy atom. The zero-order valence-electron chi connectivity index (χ0n) is 18.6. The number of amides is 1. The fraction of sp³-hybridized carbons (Fsp3) is 0.636. The third kappa shape index (κ3) is 12.7. The molecule has 1 amide bonds. The van der Waals surface area contributed by atoms with E-state index in [1.807, 2.05) is 45.0 Å². The SMILES string of the molecule is CCCNC(=O)CN=C(NCCCOCC(C)C)Nc1ccc(OC(C)C)cc1. The number of hydrogen-bond donors (Lipinski definition) is 3. The predicted octanol–water partition coefficient (Wildman–Crippen LogP) is 3.42. The van der Waals surface area contributed by atoms with E-state index in [1.54, 1.807) is 0 Å². The van der Waals surface area contributed by atoms with Gasteiger partial charge in [0.1, 0.15) is 12.3 Å². The Bertz CT molecular complexity index is 601. The van der Waals surface area contributed by atoms with Crippen LogP contribution in [0.4, 0.5) is 5.69 Å². The summed E-state index contributed by atoms with van der Waals surface area (Å²) in [6, 6.07) is 7.68. The highest BCUT2D eigenvalue weighted by atomic mass is 16.5. The number of aliphatic imine (C=N–C) groups is 1. The minimum absolute atomic E-state index is 0.0771. The maximum Gasteiger partial charge on any atom is 0.241 e. The molecule has 7 nitrogen and oxygen atoms in total. The van der Waals surface area contributed by atoms with Gasteiger partial charge in [0.25, 0.3) is 0 Å². The van der Waals surface area contributed by atoms with Crippen LogP contribution in [0, 0.1) is 5.92 Å². The van der Waals surface area contributed by atoms with E-state index in [4.69, 9.17) is 9.47 Å². The van der Waals surface area contributed by atoms with Crippen LogP contribution >= 0.6 is 0 Å². The molecule has 29 heavy (non-hydrogen) atoms. The van der Waals surface area contributed by atoms with Gasteiger partial charge in [0.05, 0.1) is 6.10 Å². The van der Waals surface area contributed by atoms with Gasteiger partial charge in [0, 0.05) is 32.0 Å². The molecule has 0 aliphatic carbocycles. The largest absolute Gasteiger partial charge is 0.491 e. The number of guanidine groups is 1. The smallest absolute Gasteiger partial charge is 0.241 e. The lowest BCUT2D eigenvalue weighted by Crippen LogP contribution is -2.34. The molecule has 1 aromatic rings. The van der Waals surface area contributed by atoms with E-state index in [1.165, 1.54) is 0 Å². The minimum atomic E-state index is -0.0890. The van der Waals surface area contributed by atoms with Gasteiger partial charge in [0.2, 0.25) is 5.91 Å². The molecular weight excluding hydrogens is 368 g/mol. The zero-order chi connectivity index (χ0) is 21.5. The minimum Gasteiger partial charge on any atom is -0.491 e. The Kier molecular flexibility index (Phi) is 12.5. The van der Waals surface area contributed by atoms with Gasteiger partial charge in [-0.2, -0.15) is 0 Å². The molecule has 7 heteroatoms. The molecule has 0 saturated carbocycles. The fourth-order valence-electron chi connectivity index (χ4n) is 2.34. The first-order valence-electron chi connectivity index (χ1n) is 10.6. The number of hydrogen-bond acceptors (Lipinski definition) is 4. The van der Waals surface area contributed by atoms with E-state index in [0.29, 0.717) is 31.6 Å². The van der Waals surface area contributed by atoms with E-state index in [0.717, 1.165) is 30.9 Å². The van der Waals surface area contributed by atoms with Crippen LogP contribution in [0.15, 0.2) is 29.3 Å². The van der Waals surface area contributed by atoms with Crippen LogP contribution in [0.5, 0.6) is 5.75 Å². The lowest BCUT2D eigenvalue weighted by molar-refractivity contribution is -0.119. The summed E-state index contributed by atoms with van der Waals surface area (Å²) < 4.78 is 11.3. The first-order chi connectivity index (χ1) is 13.9. The number of nitrogens with zero attached hydrogens (tertiary/aromatic N) is 1. The lowest BCUT2D eigenvalue weighted by Gasteiger charge is -2.14. The molecule has 0 bridgehead atoms. The van der Waals surface area contributed by atoms with Crippen molar-refractivity contribution in [2.24, 2.45) is 10.9 Å². The number of carbonyl (C=O) groups excluding carboxylic acids is 1. The molecule has 0 aliphatic rings. The van der Waals surface area contributed by atoms with Crippen LogP contribution in [0.3, 0.4) is 0 Å². The predicted molar refractivity (Wildman–Crippen MR) is 120 cm³/mol. The number of rotatable bonds is 13. The lowest BCUT2D eigenvalue weighted by atomic mass is 10.2. The van der Waals surface area contributed by atoms with Gasteiger partial charge in [-0.3, -0.25) is 4.79 Å². The van der Waals surface area contributed by atoms with Crippen molar-refractivity contribution in [2.75, 3.05) is 38.2 Å². The van der Waals surface area contributed by atoms with Crippen molar-refractivity contribution in [2.45, 2.75) is 53.6 Å². The molecule has 1 aromatic carbocycles. The van der Waals surface area contributed by atoms with E-state index in [2.05, 4.69) is 34.8 Å². The fourth-order valence-corrected chi connectivity index (χ4v) is 2.34. The topological polar surface area (TPSA) is 84.0 Å². The third-order valence-electron chi connectivity index (χ3n) is 3.65. The van der Waals surface area contributed by atoms with Gasteiger partial charge < -0.3 is 25.4 Å². The molecule has 0 radical (unpaired) electrons. The second-order valence-electron chi connectivity index (χ2n) is 7.58. The van der Waals surface area contributed by atoms with Crippen LogP contribution < -0.4 is 20.7 Å². The Morgan fingerprint density at radius 1 is 1.07 bits per heavy atom. The second kappa shape index (κ2) is 14.7. The molecule has 0 fully saturated rings. The van der Waals surface area contributed by atoms with Crippen LogP contribution in [0.25, 0.3) is 0 Å². The molecule has 3 N–H and O–H groups in total. The zero-order valence-corrected chi connectivity index (χ0v) is 18.6. The van der Waals surface area contributed by atoms with Crippen LogP contribution in [-0.4, -0.2) is 50.8 Å². The molecule has 0 unspecified atom stereocenters. The molecular formula is C22H38N4O3. The number of nitrogens with one attached hydrogen (secondary N) is 3.